The molecule has 0 spiro atoms. The first-order valence-corrected chi connectivity index (χ1v) is 5.07. The first-order chi connectivity index (χ1) is 6.36. The summed E-state index contributed by atoms with van der Waals surface area (Å²) in [7, 11) is 0. The molecule has 3 heteroatoms. The zero-order chi connectivity index (χ0) is 9.10. The molecule has 3 nitrogen and oxygen atoms in total. The Bertz CT molecular complexity index is 239. The summed E-state index contributed by atoms with van der Waals surface area (Å²) in [6.07, 6.45) is 6.65. The van der Waals surface area contributed by atoms with Crippen molar-refractivity contribution in [2.24, 2.45) is 5.92 Å². The lowest BCUT2D eigenvalue weighted by Crippen LogP contribution is -2.30. The van der Waals surface area contributed by atoms with Gasteiger partial charge in [0.2, 0.25) is 0 Å². The standard InChI is InChI=1S/C10H17N3/c1-9(10-3-4-10)11-6-8-13-7-2-5-12-13/h2,5,7,9-11H,3-4,6,8H2,1H3. The molecule has 0 aromatic carbocycles. The summed E-state index contributed by atoms with van der Waals surface area (Å²) in [5.41, 5.74) is 0. The van der Waals surface area contributed by atoms with E-state index in [0.717, 1.165) is 19.0 Å². The molecule has 1 heterocycles. The molecule has 0 saturated heterocycles. The van der Waals surface area contributed by atoms with E-state index in [9.17, 15) is 0 Å². The highest BCUT2D eigenvalue weighted by atomic mass is 15.3. The average molecular weight is 179 g/mol. The summed E-state index contributed by atoms with van der Waals surface area (Å²) in [5, 5.41) is 7.67. The van der Waals surface area contributed by atoms with Gasteiger partial charge in [-0.05, 0) is 31.7 Å². The molecule has 0 bridgehead atoms. The van der Waals surface area contributed by atoms with Crippen LogP contribution in [-0.2, 0) is 6.54 Å². The van der Waals surface area contributed by atoms with Gasteiger partial charge in [0.15, 0.2) is 0 Å². The normalized spacial score (nSPS) is 18.8. The molecule has 0 amide bonds. The number of nitrogens with one attached hydrogen (secondary N) is 1. The van der Waals surface area contributed by atoms with Gasteiger partial charge < -0.3 is 5.32 Å². The van der Waals surface area contributed by atoms with E-state index in [1.165, 1.54) is 12.8 Å². The van der Waals surface area contributed by atoms with Crippen LogP contribution in [0.5, 0.6) is 0 Å². The molecule has 0 aliphatic heterocycles. The third-order valence-electron chi connectivity index (χ3n) is 2.70. The third kappa shape index (κ3) is 2.56. The van der Waals surface area contributed by atoms with Crippen LogP contribution in [0.15, 0.2) is 18.5 Å². The molecular weight excluding hydrogens is 162 g/mol. The van der Waals surface area contributed by atoms with Crippen molar-refractivity contribution in [3.8, 4) is 0 Å². The van der Waals surface area contributed by atoms with Crippen LogP contribution in [0, 0.1) is 5.92 Å². The Labute approximate surface area is 79.1 Å². The van der Waals surface area contributed by atoms with E-state index in [2.05, 4.69) is 17.3 Å². The monoisotopic (exact) mass is 179 g/mol. The molecule has 2 rings (SSSR count). The van der Waals surface area contributed by atoms with E-state index in [1.807, 2.05) is 23.1 Å². The SMILES string of the molecule is CC(NCCn1cccn1)C1CC1. The van der Waals surface area contributed by atoms with E-state index >= 15 is 0 Å². The molecule has 13 heavy (non-hydrogen) atoms. The second kappa shape index (κ2) is 3.92. The van der Waals surface area contributed by atoms with Gasteiger partial charge in [0.05, 0.1) is 6.54 Å². The van der Waals surface area contributed by atoms with Gasteiger partial charge in [-0.1, -0.05) is 0 Å². The van der Waals surface area contributed by atoms with Gasteiger partial charge >= 0.3 is 0 Å². The molecule has 1 aromatic heterocycles. The van der Waals surface area contributed by atoms with E-state index < -0.39 is 0 Å². The first kappa shape index (κ1) is 8.75. The van der Waals surface area contributed by atoms with Gasteiger partial charge in [0.1, 0.15) is 0 Å². The van der Waals surface area contributed by atoms with Gasteiger partial charge in [0.25, 0.3) is 0 Å². The molecule has 0 radical (unpaired) electrons. The minimum Gasteiger partial charge on any atom is -0.312 e. The van der Waals surface area contributed by atoms with Gasteiger partial charge in [0, 0.05) is 25.0 Å². The highest BCUT2D eigenvalue weighted by Gasteiger charge is 2.27. The highest BCUT2D eigenvalue weighted by Crippen LogP contribution is 2.32. The average Bonchev–Trinajstić information content (AvgIpc) is 2.86. The molecule has 1 aromatic rings. The van der Waals surface area contributed by atoms with Crippen LogP contribution in [0.4, 0.5) is 0 Å². The minimum absolute atomic E-state index is 0.690. The lowest BCUT2D eigenvalue weighted by molar-refractivity contribution is 0.463. The smallest absolute Gasteiger partial charge is 0.0534 e. The van der Waals surface area contributed by atoms with Crippen LogP contribution in [-0.4, -0.2) is 22.4 Å². The Hall–Kier alpha value is -0.830. The van der Waals surface area contributed by atoms with Crippen molar-refractivity contribution in [1.82, 2.24) is 15.1 Å². The van der Waals surface area contributed by atoms with Crippen molar-refractivity contribution < 1.29 is 0 Å². The lowest BCUT2D eigenvalue weighted by atomic mass is 10.2. The second-order valence-corrected chi connectivity index (χ2v) is 3.85. The Balaban J connectivity index is 1.63. The lowest BCUT2D eigenvalue weighted by Gasteiger charge is -2.12. The summed E-state index contributed by atoms with van der Waals surface area (Å²) in [4.78, 5) is 0. The van der Waals surface area contributed by atoms with Gasteiger partial charge in [-0.25, -0.2) is 0 Å². The largest absolute Gasteiger partial charge is 0.312 e. The number of hydrogen-bond acceptors (Lipinski definition) is 2. The minimum atomic E-state index is 0.690. The number of aromatic nitrogens is 2. The van der Waals surface area contributed by atoms with Gasteiger partial charge in [-0.2, -0.15) is 5.10 Å². The zero-order valence-electron chi connectivity index (χ0n) is 8.11. The van der Waals surface area contributed by atoms with E-state index in [4.69, 9.17) is 0 Å². The van der Waals surface area contributed by atoms with Crippen LogP contribution in [0.3, 0.4) is 0 Å². The summed E-state index contributed by atoms with van der Waals surface area (Å²) in [6, 6.07) is 2.65. The molecule has 1 N–H and O–H groups in total. The fourth-order valence-corrected chi connectivity index (χ4v) is 1.60. The molecular formula is C10H17N3. The van der Waals surface area contributed by atoms with Crippen molar-refractivity contribution in [3.05, 3.63) is 18.5 Å². The van der Waals surface area contributed by atoms with Crippen molar-refractivity contribution in [1.29, 1.82) is 0 Å². The molecule has 1 aliphatic rings. The van der Waals surface area contributed by atoms with Crippen LogP contribution in [0.2, 0.25) is 0 Å². The van der Waals surface area contributed by atoms with Gasteiger partial charge in [-0.3, -0.25) is 4.68 Å². The quantitative estimate of drug-likeness (QED) is 0.737. The number of nitrogens with zero attached hydrogens (tertiary/aromatic N) is 2. The first-order valence-electron chi connectivity index (χ1n) is 5.07. The van der Waals surface area contributed by atoms with Crippen molar-refractivity contribution in [3.63, 3.8) is 0 Å². The topological polar surface area (TPSA) is 29.9 Å². The maximum atomic E-state index is 4.15. The maximum Gasteiger partial charge on any atom is 0.0534 e. The summed E-state index contributed by atoms with van der Waals surface area (Å²) < 4.78 is 1.96. The Morgan fingerprint density at radius 2 is 2.46 bits per heavy atom. The number of hydrogen-bond donors (Lipinski definition) is 1. The van der Waals surface area contributed by atoms with Crippen LogP contribution >= 0.6 is 0 Å². The predicted octanol–water partition coefficient (Wildman–Crippen LogP) is 1.27. The zero-order valence-corrected chi connectivity index (χ0v) is 8.11. The van der Waals surface area contributed by atoms with Crippen LogP contribution in [0.25, 0.3) is 0 Å². The van der Waals surface area contributed by atoms with Crippen LogP contribution < -0.4 is 5.32 Å². The molecule has 1 unspecified atom stereocenters. The Kier molecular flexibility index (Phi) is 2.64. The molecule has 1 saturated carbocycles. The number of rotatable bonds is 5. The van der Waals surface area contributed by atoms with E-state index in [0.29, 0.717) is 6.04 Å². The fourth-order valence-electron chi connectivity index (χ4n) is 1.60. The Morgan fingerprint density at radius 1 is 1.62 bits per heavy atom. The van der Waals surface area contributed by atoms with Gasteiger partial charge in [-0.15, -0.1) is 0 Å². The second-order valence-electron chi connectivity index (χ2n) is 3.85. The highest BCUT2D eigenvalue weighted by molar-refractivity contribution is 4.83. The molecule has 1 aliphatic carbocycles. The predicted molar refractivity (Wildman–Crippen MR) is 52.4 cm³/mol. The molecule has 72 valence electrons. The van der Waals surface area contributed by atoms with E-state index in [-0.39, 0.29) is 0 Å². The molecule has 1 atom stereocenters. The van der Waals surface area contributed by atoms with Crippen molar-refractivity contribution in [2.75, 3.05) is 6.54 Å². The van der Waals surface area contributed by atoms with Crippen molar-refractivity contribution >= 4 is 0 Å². The van der Waals surface area contributed by atoms with Crippen molar-refractivity contribution in [2.45, 2.75) is 32.4 Å². The fraction of sp³-hybridized carbons (Fsp3) is 0.700. The Morgan fingerprint density at radius 3 is 3.08 bits per heavy atom. The molecule has 1 fully saturated rings. The third-order valence-corrected chi connectivity index (χ3v) is 2.70. The summed E-state index contributed by atoms with van der Waals surface area (Å²) in [6.45, 7) is 4.28. The van der Waals surface area contributed by atoms with E-state index in [1.54, 1.807) is 0 Å². The maximum absolute atomic E-state index is 4.15. The summed E-state index contributed by atoms with van der Waals surface area (Å²) >= 11 is 0. The summed E-state index contributed by atoms with van der Waals surface area (Å²) in [5.74, 6) is 0.942. The van der Waals surface area contributed by atoms with Crippen LogP contribution in [0.1, 0.15) is 19.8 Å².